The number of nitrogens with zero attached hydrogens (tertiary/aromatic N) is 2. The minimum absolute atomic E-state index is 0.126. The quantitative estimate of drug-likeness (QED) is 0.549. The van der Waals surface area contributed by atoms with Crippen molar-refractivity contribution in [2.24, 2.45) is 5.92 Å². The number of pyridine rings is 1. The summed E-state index contributed by atoms with van der Waals surface area (Å²) in [6.07, 6.45) is 2.78. The fraction of sp³-hybridized carbons (Fsp3) is 0.250. The lowest BCUT2D eigenvalue weighted by Gasteiger charge is -2.38. The van der Waals surface area contributed by atoms with Crippen LogP contribution in [0.2, 0.25) is 5.15 Å². The molecule has 1 aromatic heterocycles. The van der Waals surface area contributed by atoms with Gasteiger partial charge in [0.2, 0.25) is 15.9 Å². The van der Waals surface area contributed by atoms with Crippen LogP contribution < -0.4 is 5.32 Å². The Bertz CT molecular complexity index is 1160. The fourth-order valence-electron chi connectivity index (χ4n) is 4.00. The third kappa shape index (κ3) is 5.01. The van der Waals surface area contributed by atoms with E-state index in [1.54, 1.807) is 48.7 Å². The summed E-state index contributed by atoms with van der Waals surface area (Å²) in [7, 11) is -3.77. The molecule has 4 rings (SSSR count). The molecular weight excluding hydrogens is 446 g/mol. The zero-order valence-corrected chi connectivity index (χ0v) is 19.0. The molecule has 0 bridgehead atoms. The summed E-state index contributed by atoms with van der Waals surface area (Å²) in [4.78, 5) is 17.2. The maximum atomic E-state index is 13.5. The lowest BCUT2D eigenvalue weighted by atomic mass is 9.90. The van der Waals surface area contributed by atoms with Crippen LogP contribution in [0.5, 0.6) is 0 Å². The summed E-state index contributed by atoms with van der Waals surface area (Å²) in [6, 6.07) is 21.1. The highest BCUT2D eigenvalue weighted by molar-refractivity contribution is 7.89. The lowest BCUT2D eigenvalue weighted by Crippen LogP contribution is -2.46. The third-order valence-electron chi connectivity index (χ3n) is 5.70. The molecule has 1 aliphatic heterocycles. The molecule has 1 N–H and O–H groups in total. The molecular formula is C24H24ClN3O3S. The molecule has 3 aromatic rings. The second-order valence-electron chi connectivity index (χ2n) is 7.80. The van der Waals surface area contributed by atoms with Crippen LogP contribution in [0.25, 0.3) is 0 Å². The van der Waals surface area contributed by atoms with Gasteiger partial charge in [0.05, 0.1) is 16.9 Å². The summed E-state index contributed by atoms with van der Waals surface area (Å²) in [5, 5.41) is 3.30. The predicted octanol–water partition coefficient (Wildman–Crippen LogP) is 4.19. The molecule has 2 aromatic carbocycles. The van der Waals surface area contributed by atoms with Crippen molar-refractivity contribution >= 4 is 27.5 Å². The normalized spacial score (nSPS) is 19.4. The number of sulfonamides is 1. The third-order valence-corrected chi connectivity index (χ3v) is 7.81. The van der Waals surface area contributed by atoms with E-state index in [0.29, 0.717) is 24.5 Å². The topological polar surface area (TPSA) is 79.4 Å². The molecule has 166 valence electrons. The molecule has 6 nitrogen and oxygen atoms in total. The largest absolute Gasteiger partial charge is 0.352 e. The zero-order chi connectivity index (χ0) is 22.6. The Morgan fingerprint density at radius 3 is 2.34 bits per heavy atom. The molecule has 32 heavy (non-hydrogen) atoms. The van der Waals surface area contributed by atoms with Gasteiger partial charge in [0.15, 0.2) is 0 Å². The van der Waals surface area contributed by atoms with Gasteiger partial charge in [0.1, 0.15) is 5.15 Å². The first kappa shape index (κ1) is 22.5. The summed E-state index contributed by atoms with van der Waals surface area (Å²) < 4.78 is 28.5. The number of hydrogen-bond acceptors (Lipinski definition) is 4. The smallest absolute Gasteiger partial charge is 0.243 e. The number of halogens is 1. The van der Waals surface area contributed by atoms with Gasteiger partial charge in [-0.15, -0.1) is 0 Å². The number of hydrogen-bond donors (Lipinski definition) is 1. The number of carbonyl (C=O) groups is 1. The number of carbonyl (C=O) groups excluding carboxylic acids is 1. The Morgan fingerprint density at radius 1 is 1.00 bits per heavy atom. The maximum Gasteiger partial charge on any atom is 0.243 e. The number of benzene rings is 2. The average molecular weight is 470 g/mol. The van der Waals surface area contributed by atoms with Crippen LogP contribution in [0.4, 0.5) is 0 Å². The molecule has 0 radical (unpaired) electrons. The summed E-state index contributed by atoms with van der Waals surface area (Å²) in [6.45, 7) is 0.439. The SMILES string of the molecule is O=C(NCc1ccc(Cl)nc1)[C@@H]1CC[C@H](c2ccccc2)N(S(=O)(=O)c2ccccc2)C1. The first-order valence-electron chi connectivity index (χ1n) is 10.4. The van der Waals surface area contributed by atoms with E-state index in [2.05, 4.69) is 10.3 Å². The Labute approximate surface area is 193 Å². The highest BCUT2D eigenvalue weighted by Crippen LogP contribution is 2.37. The molecule has 1 amide bonds. The number of rotatable bonds is 6. The lowest BCUT2D eigenvalue weighted by molar-refractivity contribution is -0.126. The van der Waals surface area contributed by atoms with Crippen LogP contribution in [-0.2, 0) is 21.4 Å². The Morgan fingerprint density at radius 2 is 1.69 bits per heavy atom. The van der Waals surface area contributed by atoms with Crippen molar-refractivity contribution < 1.29 is 13.2 Å². The maximum absolute atomic E-state index is 13.5. The van der Waals surface area contributed by atoms with Crippen LogP contribution in [0.1, 0.15) is 30.0 Å². The van der Waals surface area contributed by atoms with Crippen molar-refractivity contribution in [1.82, 2.24) is 14.6 Å². The molecule has 1 fully saturated rings. The van der Waals surface area contributed by atoms with Crippen LogP contribution in [-0.4, -0.2) is 30.2 Å². The van der Waals surface area contributed by atoms with Crippen LogP contribution in [0.3, 0.4) is 0 Å². The molecule has 2 atom stereocenters. The van der Waals surface area contributed by atoms with Crippen molar-refractivity contribution in [2.75, 3.05) is 6.54 Å². The Hall–Kier alpha value is -2.74. The molecule has 1 saturated heterocycles. The van der Waals surface area contributed by atoms with E-state index in [1.165, 1.54) is 4.31 Å². The second-order valence-corrected chi connectivity index (χ2v) is 10.1. The van der Waals surface area contributed by atoms with Gasteiger partial charge in [0, 0.05) is 19.3 Å². The average Bonchev–Trinajstić information content (AvgIpc) is 2.84. The van der Waals surface area contributed by atoms with E-state index in [9.17, 15) is 13.2 Å². The van der Waals surface area contributed by atoms with Gasteiger partial charge >= 0.3 is 0 Å². The van der Waals surface area contributed by atoms with Gasteiger partial charge in [-0.3, -0.25) is 4.79 Å². The number of piperidine rings is 1. The molecule has 2 heterocycles. The van der Waals surface area contributed by atoms with Gasteiger partial charge in [-0.2, -0.15) is 4.31 Å². The van der Waals surface area contributed by atoms with Gasteiger partial charge in [-0.25, -0.2) is 13.4 Å². The summed E-state index contributed by atoms with van der Waals surface area (Å²) >= 11 is 5.81. The predicted molar refractivity (Wildman–Crippen MR) is 123 cm³/mol. The van der Waals surface area contributed by atoms with Crippen molar-refractivity contribution in [2.45, 2.75) is 30.3 Å². The molecule has 0 unspecified atom stereocenters. The van der Waals surface area contributed by atoms with Crippen molar-refractivity contribution in [3.05, 3.63) is 95.3 Å². The minimum Gasteiger partial charge on any atom is -0.352 e. The van der Waals surface area contributed by atoms with E-state index in [4.69, 9.17) is 11.6 Å². The summed E-state index contributed by atoms with van der Waals surface area (Å²) in [5.74, 6) is -0.603. The molecule has 0 aliphatic carbocycles. The van der Waals surface area contributed by atoms with Crippen molar-refractivity contribution in [1.29, 1.82) is 0 Å². The van der Waals surface area contributed by atoms with Crippen molar-refractivity contribution in [3.63, 3.8) is 0 Å². The molecule has 0 spiro atoms. The number of nitrogens with one attached hydrogen (secondary N) is 1. The van der Waals surface area contributed by atoms with Gasteiger partial charge in [0.25, 0.3) is 0 Å². The Kier molecular flexibility index (Phi) is 6.89. The van der Waals surface area contributed by atoms with E-state index in [0.717, 1.165) is 11.1 Å². The molecule has 1 aliphatic rings. The minimum atomic E-state index is -3.77. The van der Waals surface area contributed by atoms with Gasteiger partial charge in [-0.1, -0.05) is 66.2 Å². The van der Waals surface area contributed by atoms with Crippen LogP contribution in [0.15, 0.2) is 83.9 Å². The number of amides is 1. The van der Waals surface area contributed by atoms with E-state index >= 15 is 0 Å². The number of aromatic nitrogens is 1. The van der Waals surface area contributed by atoms with Crippen LogP contribution in [0, 0.1) is 5.92 Å². The first-order valence-corrected chi connectivity index (χ1v) is 12.3. The highest BCUT2D eigenvalue weighted by Gasteiger charge is 2.39. The van der Waals surface area contributed by atoms with E-state index < -0.39 is 15.9 Å². The fourth-order valence-corrected chi connectivity index (χ4v) is 5.82. The second kappa shape index (κ2) is 9.81. The highest BCUT2D eigenvalue weighted by atomic mass is 35.5. The standard InChI is InChI=1S/C24H24ClN3O3S/c25-23-14-11-18(15-26-23)16-27-24(29)20-12-13-22(19-7-3-1-4-8-19)28(17-20)32(30,31)21-9-5-2-6-10-21/h1-11,14-15,20,22H,12-13,16-17H2,(H,27,29)/t20-,22-/m1/s1. The first-order chi connectivity index (χ1) is 15.4. The monoisotopic (exact) mass is 469 g/mol. The molecule has 0 saturated carbocycles. The van der Waals surface area contributed by atoms with Crippen LogP contribution >= 0.6 is 11.6 Å². The summed E-state index contributed by atoms with van der Waals surface area (Å²) in [5.41, 5.74) is 1.76. The van der Waals surface area contributed by atoms with Gasteiger partial charge < -0.3 is 5.32 Å². The Balaban J connectivity index is 1.55. The van der Waals surface area contributed by atoms with Gasteiger partial charge in [-0.05, 0) is 42.2 Å². The van der Waals surface area contributed by atoms with E-state index in [-0.39, 0.29) is 23.4 Å². The van der Waals surface area contributed by atoms with E-state index in [1.807, 2.05) is 30.3 Å². The molecule has 8 heteroatoms. The van der Waals surface area contributed by atoms with Crippen molar-refractivity contribution in [3.8, 4) is 0 Å². The zero-order valence-electron chi connectivity index (χ0n) is 17.4.